The van der Waals surface area contributed by atoms with Crippen LogP contribution in [-0.4, -0.2) is 37.2 Å². The third-order valence-corrected chi connectivity index (χ3v) is 7.45. The molecule has 1 aliphatic heterocycles. The molecule has 0 spiro atoms. The van der Waals surface area contributed by atoms with Gasteiger partial charge in [0.2, 0.25) is 11.3 Å². The Labute approximate surface area is 207 Å². The highest BCUT2D eigenvalue weighted by Gasteiger charge is 2.74. The number of benzene rings is 1. The molecule has 184 valence electrons. The Kier molecular flexibility index (Phi) is 4.54. The smallest absolute Gasteiger partial charge is 0.270 e. The van der Waals surface area contributed by atoms with Gasteiger partial charge in [0.05, 0.1) is 6.20 Å². The second-order valence-corrected chi connectivity index (χ2v) is 10.1. The summed E-state index contributed by atoms with van der Waals surface area (Å²) >= 11 is 0. The number of aromatic nitrogens is 3. The van der Waals surface area contributed by atoms with E-state index in [4.69, 9.17) is 10.5 Å². The van der Waals surface area contributed by atoms with Gasteiger partial charge < -0.3 is 20.9 Å². The predicted molar refractivity (Wildman–Crippen MR) is 131 cm³/mol. The van der Waals surface area contributed by atoms with E-state index in [0.717, 1.165) is 17.0 Å². The number of rotatable bonds is 3. The summed E-state index contributed by atoms with van der Waals surface area (Å²) in [5, 5.41) is 19.3. The fraction of sp³-hybridized carbons (Fsp3) is 0.333. The number of carbonyl (C=O) groups excluding carboxylic acids is 2. The van der Waals surface area contributed by atoms with Gasteiger partial charge in [0.25, 0.3) is 11.7 Å². The summed E-state index contributed by atoms with van der Waals surface area (Å²) in [5.74, 6) is -2.68. The van der Waals surface area contributed by atoms with Crippen molar-refractivity contribution in [3.05, 3.63) is 81.5 Å². The predicted octanol–water partition coefficient (Wildman–Crippen LogP) is 2.69. The molecule has 36 heavy (non-hydrogen) atoms. The van der Waals surface area contributed by atoms with Gasteiger partial charge in [0, 0.05) is 33.8 Å². The maximum absolute atomic E-state index is 14.1. The molecular formula is C27H27N5O4. The van der Waals surface area contributed by atoms with Gasteiger partial charge in [0.15, 0.2) is 5.65 Å². The van der Waals surface area contributed by atoms with E-state index in [2.05, 4.69) is 15.4 Å². The van der Waals surface area contributed by atoms with Crippen molar-refractivity contribution in [3.63, 3.8) is 0 Å². The first kappa shape index (κ1) is 22.5. The van der Waals surface area contributed by atoms with Crippen molar-refractivity contribution in [1.82, 2.24) is 19.9 Å². The lowest BCUT2D eigenvalue weighted by Gasteiger charge is -2.34. The molecule has 0 radical (unpaired) electrons. The zero-order valence-corrected chi connectivity index (χ0v) is 20.5. The van der Waals surface area contributed by atoms with Crippen LogP contribution in [0.4, 0.5) is 0 Å². The van der Waals surface area contributed by atoms with E-state index in [1.165, 1.54) is 6.20 Å². The number of hydrogen-bond donors (Lipinski definition) is 3. The number of aryl methyl sites for hydroxylation is 2. The van der Waals surface area contributed by atoms with E-state index in [9.17, 15) is 14.7 Å². The van der Waals surface area contributed by atoms with E-state index in [-0.39, 0.29) is 17.1 Å². The summed E-state index contributed by atoms with van der Waals surface area (Å²) in [7, 11) is 0. The molecule has 1 saturated carbocycles. The summed E-state index contributed by atoms with van der Waals surface area (Å²) in [5.41, 5.74) is 8.70. The third-order valence-electron chi connectivity index (χ3n) is 7.45. The Morgan fingerprint density at radius 1 is 1.28 bits per heavy atom. The molecule has 2 aliphatic carbocycles. The van der Waals surface area contributed by atoms with Gasteiger partial charge in [-0.3, -0.25) is 9.59 Å². The molecule has 3 heterocycles. The highest BCUT2D eigenvalue weighted by Crippen LogP contribution is 2.59. The first-order chi connectivity index (χ1) is 17.1. The van der Waals surface area contributed by atoms with E-state index in [1.807, 2.05) is 45.9 Å². The second-order valence-electron chi connectivity index (χ2n) is 10.1. The number of nitrogens with zero attached hydrogens (tertiary/aromatic N) is 3. The van der Waals surface area contributed by atoms with Crippen molar-refractivity contribution in [2.24, 2.45) is 5.73 Å². The van der Waals surface area contributed by atoms with Crippen LogP contribution in [0.25, 0.3) is 5.65 Å². The standard InChI is InChI=1S/C27H27N5O4/c1-13(2)16-8-9-18-21(11-16)36-27(35)19-6-5-7-20(28)22(19)23(33)26(18,27)31-25(34)17-12-29-32-15(4)10-14(3)30-24(17)32/h6,8-13,35H,5,7,28H2,1-4H3,(H,31,34). The van der Waals surface area contributed by atoms with Gasteiger partial charge in [-0.25, -0.2) is 9.50 Å². The van der Waals surface area contributed by atoms with Crippen LogP contribution in [0.1, 0.15) is 65.5 Å². The van der Waals surface area contributed by atoms with Crippen LogP contribution in [0.2, 0.25) is 0 Å². The molecule has 2 atom stereocenters. The Hall–Kier alpha value is -3.98. The van der Waals surface area contributed by atoms with Crippen LogP contribution < -0.4 is 15.8 Å². The molecule has 9 heteroatoms. The summed E-state index contributed by atoms with van der Waals surface area (Å²) in [6.45, 7) is 7.79. The summed E-state index contributed by atoms with van der Waals surface area (Å²) in [6, 6.07) is 7.31. The molecule has 1 fully saturated rings. The van der Waals surface area contributed by atoms with Crippen molar-refractivity contribution in [2.45, 2.75) is 57.8 Å². The number of aliphatic hydroxyl groups is 1. The number of ketones is 1. The lowest BCUT2D eigenvalue weighted by atomic mass is 9.82. The first-order valence-electron chi connectivity index (χ1n) is 12.0. The molecule has 6 rings (SSSR count). The highest BCUT2D eigenvalue weighted by atomic mass is 16.6. The van der Waals surface area contributed by atoms with Gasteiger partial charge in [-0.1, -0.05) is 32.1 Å². The van der Waals surface area contributed by atoms with E-state index in [0.29, 0.717) is 41.1 Å². The van der Waals surface area contributed by atoms with Crippen molar-refractivity contribution < 1.29 is 19.4 Å². The van der Waals surface area contributed by atoms with Crippen molar-refractivity contribution in [1.29, 1.82) is 0 Å². The number of carbonyl (C=O) groups is 2. The lowest BCUT2D eigenvalue weighted by molar-refractivity contribution is -0.152. The minimum Gasteiger partial charge on any atom is -0.454 e. The molecule has 9 nitrogen and oxygen atoms in total. The van der Waals surface area contributed by atoms with Crippen molar-refractivity contribution in [3.8, 4) is 5.75 Å². The first-order valence-corrected chi connectivity index (χ1v) is 12.0. The molecule has 4 N–H and O–H groups in total. The van der Waals surface area contributed by atoms with Gasteiger partial charge in [-0.15, -0.1) is 0 Å². The van der Waals surface area contributed by atoms with Crippen molar-refractivity contribution >= 4 is 17.3 Å². The minimum absolute atomic E-state index is 0.185. The maximum Gasteiger partial charge on any atom is 0.270 e. The number of nitrogens with two attached hydrogens (primary N) is 1. The van der Waals surface area contributed by atoms with Gasteiger partial charge in [-0.2, -0.15) is 5.10 Å². The number of amides is 1. The summed E-state index contributed by atoms with van der Waals surface area (Å²) in [4.78, 5) is 32.4. The monoisotopic (exact) mass is 485 g/mol. The number of Topliss-reactive ketones (excluding diaryl/α,β-unsaturated/α-hetero) is 1. The number of fused-ring (bicyclic) bond motifs is 6. The van der Waals surface area contributed by atoms with Crippen LogP contribution in [0.3, 0.4) is 0 Å². The Bertz CT molecular complexity index is 1570. The lowest BCUT2D eigenvalue weighted by Crippen LogP contribution is -2.62. The third kappa shape index (κ3) is 2.69. The maximum atomic E-state index is 14.1. The fourth-order valence-corrected chi connectivity index (χ4v) is 5.66. The topological polar surface area (TPSA) is 132 Å². The molecular weight excluding hydrogens is 458 g/mol. The van der Waals surface area contributed by atoms with Crippen LogP contribution in [0, 0.1) is 13.8 Å². The molecule has 3 aliphatic rings. The van der Waals surface area contributed by atoms with Gasteiger partial charge in [0.1, 0.15) is 11.3 Å². The number of ether oxygens (including phenoxy) is 1. The van der Waals surface area contributed by atoms with Crippen LogP contribution in [0.5, 0.6) is 5.75 Å². The Balaban J connectivity index is 1.56. The van der Waals surface area contributed by atoms with Crippen LogP contribution in [0.15, 0.2) is 53.4 Å². The normalized spacial score (nSPS) is 24.5. The van der Waals surface area contributed by atoms with E-state index >= 15 is 0 Å². The zero-order chi connectivity index (χ0) is 25.6. The average molecular weight is 486 g/mol. The van der Waals surface area contributed by atoms with Crippen LogP contribution >= 0.6 is 0 Å². The minimum atomic E-state index is -2.14. The largest absolute Gasteiger partial charge is 0.454 e. The SMILES string of the molecule is Cc1cc(C)n2ncc(C(=O)NC34C(=O)C5=C(N)CCC=C5C3(O)Oc3cc(C(C)C)ccc34)c2n1. The molecule has 3 aromatic rings. The molecule has 1 amide bonds. The number of allylic oxidation sites excluding steroid dienone is 2. The second kappa shape index (κ2) is 7.27. The molecule has 2 unspecified atom stereocenters. The number of nitrogens with one attached hydrogen (secondary N) is 1. The fourth-order valence-electron chi connectivity index (χ4n) is 5.66. The molecule has 1 aromatic carbocycles. The van der Waals surface area contributed by atoms with Crippen LogP contribution in [-0.2, 0) is 10.3 Å². The highest BCUT2D eigenvalue weighted by molar-refractivity contribution is 6.16. The Morgan fingerprint density at radius 2 is 2.06 bits per heavy atom. The number of hydrogen-bond acceptors (Lipinski definition) is 7. The van der Waals surface area contributed by atoms with Gasteiger partial charge in [-0.05, 0) is 50.3 Å². The molecule has 0 saturated heterocycles. The average Bonchev–Trinajstić information content (AvgIpc) is 3.41. The summed E-state index contributed by atoms with van der Waals surface area (Å²) in [6.07, 6.45) is 4.23. The molecule has 0 bridgehead atoms. The van der Waals surface area contributed by atoms with E-state index in [1.54, 1.807) is 16.7 Å². The van der Waals surface area contributed by atoms with E-state index < -0.39 is 23.0 Å². The Morgan fingerprint density at radius 3 is 2.81 bits per heavy atom. The summed E-state index contributed by atoms with van der Waals surface area (Å²) < 4.78 is 7.74. The van der Waals surface area contributed by atoms with Gasteiger partial charge >= 0.3 is 0 Å². The molecule has 2 aromatic heterocycles. The van der Waals surface area contributed by atoms with Crippen molar-refractivity contribution in [2.75, 3.05) is 0 Å². The quantitative estimate of drug-likeness (QED) is 0.520. The zero-order valence-electron chi connectivity index (χ0n) is 20.5.